The summed E-state index contributed by atoms with van der Waals surface area (Å²) in [6, 6.07) is 21.9. The van der Waals surface area contributed by atoms with Crippen molar-refractivity contribution < 1.29 is 17.9 Å². The van der Waals surface area contributed by atoms with Crippen molar-refractivity contribution in [3.8, 4) is 0 Å². The predicted octanol–water partition coefficient (Wildman–Crippen LogP) is 5.07. The van der Waals surface area contributed by atoms with E-state index in [0.717, 1.165) is 5.39 Å². The number of para-hydroxylation sites is 2. The SMILES string of the molecule is COC(=O)c1ccccc1S(=O)(=O)N(Cc1cccc2cccnc12)c1ccccc1Cl. The van der Waals surface area contributed by atoms with E-state index in [2.05, 4.69) is 4.98 Å². The molecule has 0 saturated heterocycles. The fraction of sp³-hybridized carbons (Fsp3) is 0.0833. The molecule has 4 aromatic rings. The highest BCUT2D eigenvalue weighted by Crippen LogP contribution is 2.34. The molecule has 0 aliphatic rings. The number of ether oxygens (including phenoxy) is 1. The van der Waals surface area contributed by atoms with Crippen molar-refractivity contribution in [2.24, 2.45) is 0 Å². The van der Waals surface area contributed by atoms with Gasteiger partial charge in [0, 0.05) is 11.6 Å². The van der Waals surface area contributed by atoms with Gasteiger partial charge >= 0.3 is 5.97 Å². The molecule has 0 bridgehead atoms. The van der Waals surface area contributed by atoms with Crippen molar-refractivity contribution >= 4 is 44.2 Å². The summed E-state index contributed by atoms with van der Waals surface area (Å²) in [6.45, 7) is -0.0318. The molecule has 6 nitrogen and oxygen atoms in total. The second-order valence-electron chi connectivity index (χ2n) is 6.94. The van der Waals surface area contributed by atoms with Gasteiger partial charge in [0.25, 0.3) is 10.0 Å². The van der Waals surface area contributed by atoms with Crippen LogP contribution in [0.5, 0.6) is 0 Å². The number of benzene rings is 3. The van der Waals surface area contributed by atoms with Crippen LogP contribution in [-0.2, 0) is 21.3 Å². The van der Waals surface area contributed by atoms with Crippen LogP contribution in [0.1, 0.15) is 15.9 Å². The number of esters is 1. The number of fused-ring (bicyclic) bond motifs is 1. The van der Waals surface area contributed by atoms with Crippen molar-refractivity contribution in [3.05, 3.63) is 101 Å². The fourth-order valence-electron chi connectivity index (χ4n) is 3.49. The number of rotatable bonds is 6. The van der Waals surface area contributed by atoms with E-state index in [9.17, 15) is 13.2 Å². The van der Waals surface area contributed by atoms with Gasteiger partial charge in [0.15, 0.2) is 0 Å². The second-order valence-corrected chi connectivity index (χ2v) is 9.18. The van der Waals surface area contributed by atoms with Gasteiger partial charge in [-0.2, -0.15) is 0 Å². The average molecular weight is 467 g/mol. The normalized spacial score (nSPS) is 11.3. The highest BCUT2D eigenvalue weighted by molar-refractivity contribution is 7.92. The molecule has 0 N–H and O–H groups in total. The third kappa shape index (κ3) is 4.04. The number of sulfonamides is 1. The highest BCUT2D eigenvalue weighted by atomic mass is 35.5. The maximum absolute atomic E-state index is 13.9. The quantitative estimate of drug-likeness (QED) is 0.371. The first-order chi connectivity index (χ1) is 15.4. The Morgan fingerprint density at radius 1 is 0.969 bits per heavy atom. The van der Waals surface area contributed by atoms with Gasteiger partial charge in [0.1, 0.15) is 4.90 Å². The lowest BCUT2D eigenvalue weighted by Gasteiger charge is -2.26. The second kappa shape index (κ2) is 8.98. The molecule has 0 atom stereocenters. The monoisotopic (exact) mass is 466 g/mol. The number of halogens is 1. The van der Waals surface area contributed by atoms with Gasteiger partial charge in [-0.25, -0.2) is 13.2 Å². The minimum absolute atomic E-state index is 0.0318. The Balaban J connectivity index is 1.92. The molecule has 0 aliphatic heterocycles. The standard InChI is InChI=1S/C24H19ClN2O4S/c1-31-24(28)19-11-2-5-14-22(19)32(29,30)27(21-13-4-3-12-20(21)25)16-18-9-6-8-17-10-7-15-26-23(17)18/h2-15H,16H2,1H3. The van der Waals surface area contributed by atoms with E-state index in [1.165, 1.54) is 23.5 Å². The summed E-state index contributed by atoms with van der Waals surface area (Å²) in [6.07, 6.45) is 1.66. The van der Waals surface area contributed by atoms with Gasteiger partial charge < -0.3 is 4.74 Å². The molecule has 0 saturated carbocycles. The van der Waals surface area contributed by atoms with E-state index in [1.807, 2.05) is 30.3 Å². The summed E-state index contributed by atoms with van der Waals surface area (Å²) in [5.74, 6) is -0.741. The summed E-state index contributed by atoms with van der Waals surface area (Å²) in [4.78, 5) is 16.6. The lowest BCUT2D eigenvalue weighted by molar-refractivity contribution is 0.0596. The van der Waals surface area contributed by atoms with Crippen molar-refractivity contribution in [2.45, 2.75) is 11.4 Å². The zero-order valence-electron chi connectivity index (χ0n) is 17.1. The number of carbonyl (C=O) groups excluding carboxylic acids is 1. The first-order valence-corrected chi connectivity index (χ1v) is 11.5. The van der Waals surface area contributed by atoms with Crippen LogP contribution < -0.4 is 4.31 Å². The summed E-state index contributed by atoms with van der Waals surface area (Å²) >= 11 is 6.41. The molecule has 4 rings (SSSR count). The number of anilines is 1. The van der Waals surface area contributed by atoms with E-state index in [-0.39, 0.29) is 22.0 Å². The van der Waals surface area contributed by atoms with Crippen molar-refractivity contribution in [3.63, 3.8) is 0 Å². The average Bonchev–Trinajstić information content (AvgIpc) is 2.82. The van der Waals surface area contributed by atoms with Crippen molar-refractivity contribution in [2.75, 3.05) is 11.4 Å². The van der Waals surface area contributed by atoms with Gasteiger partial charge in [0.2, 0.25) is 0 Å². The topological polar surface area (TPSA) is 76.6 Å². The number of pyridine rings is 1. The van der Waals surface area contributed by atoms with E-state index >= 15 is 0 Å². The minimum Gasteiger partial charge on any atom is -0.465 e. The van der Waals surface area contributed by atoms with Crippen LogP contribution in [-0.4, -0.2) is 26.5 Å². The molecule has 0 aliphatic carbocycles. The van der Waals surface area contributed by atoms with Crippen LogP contribution in [0.4, 0.5) is 5.69 Å². The lowest BCUT2D eigenvalue weighted by Crippen LogP contribution is -2.32. The Morgan fingerprint density at radius 3 is 2.47 bits per heavy atom. The Labute approximate surface area is 191 Å². The molecule has 0 unspecified atom stereocenters. The number of aromatic nitrogens is 1. The molecule has 1 heterocycles. The predicted molar refractivity (Wildman–Crippen MR) is 124 cm³/mol. The number of hydrogen-bond acceptors (Lipinski definition) is 5. The lowest BCUT2D eigenvalue weighted by atomic mass is 10.1. The van der Waals surface area contributed by atoms with Crippen LogP contribution in [0.2, 0.25) is 5.02 Å². The van der Waals surface area contributed by atoms with Gasteiger partial charge in [-0.1, -0.05) is 60.1 Å². The number of carbonyl (C=O) groups is 1. The molecular weight excluding hydrogens is 448 g/mol. The van der Waals surface area contributed by atoms with Crippen LogP contribution in [0.25, 0.3) is 10.9 Å². The van der Waals surface area contributed by atoms with Crippen LogP contribution in [0.3, 0.4) is 0 Å². The summed E-state index contributed by atoms with van der Waals surface area (Å²) in [5, 5.41) is 1.15. The van der Waals surface area contributed by atoms with E-state index in [0.29, 0.717) is 16.8 Å². The van der Waals surface area contributed by atoms with E-state index in [1.54, 1.807) is 42.6 Å². The van der Waals surface area contributed by atoms with Crippen LogP contribution in [0.15, 0.2) is 90.0 Å². The first kappa shape index (κ1) is 21.8. The molecule has 0 radical (unpaired) electrons. The Morgan fingerprint density at radius 2 is 1.69 bits per heavy atom. The summed E-state index contributed by atoms with van der Waals surface area (Å²) in [5.41, 5.74) is 1.62. The fourth-order valence-corrected chi connectivity index (χ4v) is 5.42. The van der Waals surface area contributed by atoms with E-state index < -0.39 is 16.0 Å². The molecule has 32 heavy (non-hydrogen) atoms. The third-order valence-corrected chi connectivity index (χ3v) is 7.15. The molecule has 8 heteroatoms. The smallest absolute Gasteiger partial charge is 0.339 e. The van der Waals surface area contributed by atoms with Gasteiger partial charge in [0.05, 0.1) is 35.4 Å². The van der Waals surface area contributed by atoms with Gasteiger partial charge in [-0.3, -0.25) is 9.29 Å². The third-order valence-electron chi connectivity index (χ3n) is 5.01. The molecular formula is C24H19ClN2O4S. The van der Waals surface area contributed by atoms with Gasteiger partial charge in [-0.05, 0) is 35.9 Å². The maximum Gasteiger partial charge on any atom is 0.339 e. The van der Waals surface area contributed by atoms with Crippen LogP contribution in [0, 0.1) is 0 Å². The molecule has 162 valence electrons. The number of nitrogens with zero attached hydrogens (tertiary/aromatic N) is 2. The molecule has 0 amide bonds. The van der Waals surface area contributed by atoms with Crippen LogP contribution >= 0.6 is 11.6 Å². The molecule has 0 spiro atoms. The number of hydrogen-bond donors (Lipinski definition) is 0. The Bertz CT molecular complexity index is 1400. The maximum atomic E-state index is 13.9. The number of methoxy groups -OCH3 is 1. The molecule has 0 fully saturated rings. The van der Waals surface area contributed by atoms with E-state index in [4.69, 9.17) is 16.3 Å². The summed E-state index contributed by atoms with van der Waals surface area (Å²) in [7, 11) is -3.00. The minimum atomic E-state index is -4.21. The zero-order valence-corrected chi connectivity index (χ0v) is 18.7. The first-order valence-electron chi connectivity index (χ1n) is 9.70. The van der Waals surface area contributed by atoms with Crippen molar-refractivity contribution in [1.29, 1.82) is 0 Å². The Hall–Kier alpha value is -3.42. The summed E-state index contributed by atoms with van der Waals surface area (Å²) < 4.78 is 33.8. The highest BCUT2D eigenvalue weighted by Gasteiger charge is 2.31. The zero-order chi connectivity index (χ0) is 22.7. The molecule has 1 aromatic heterocycles. The van der Waals surface area contributed by atoms with Crippen molar-refractivity contribution in [1.82, 2.24) is 4.98 Å². The van der Waals surface area contributed by atoms with Gasteiger partial charge in [-0.15, -0.1) is 0 Å². The molecule has 3 aromatic carbocycles. The largest absolute Gasteiger partial charge is 0.465 e. The Kier molecular flexibility index (Phi) is 6.12.